The molecule has 29 heavy (non-hydrogen) atoms. The van der Waals surface area contributed by atoms with Crippen molar-refractivity contribution in [2.75, 3.05) is 11.9 Å². The van der Waals surface area contributed by atoms with Crippen molar-refractivity contribution in [3.63, 3.8) is 0 Å². The Labute approximate surface area is 177 Å². The van der Waals surface area contributed by atoms with E-state index in [1.165, 1.54) is 4.90 Å². The first kappa shape index (κ1) is 22.7. The van der Waals surface area contributed by atoms with E-state index in [1.807, 2.05) is 37.3 Å². The second kappa shape index (κ2) is 9.31. The van der Waals surface area contributed by atoms with Gasteiger partial charge in [-0.25, -0.2) is 4.99 Å². The predicted molar refractivity (Wildman–Crippen MR) is 119 cm³/mol. The number of Topliss-reactive ketones (excluding diaryl/α,β-unsaturated/α-hetero) is 1. The zero-order valence-electron chi connectivity index (χ0n) is 16.7. The predicted octanol–water partition coefficient (Wildman–Crippen LogP) is 2.99. The first-order valence-corrected chi connectivity index (χ1v) is 9.51. The molecule has 7 heteroatoms. The van der Waals surface area contributed by atoms with Gasteiger partial charge in [-0.05, 0) is 24.1 Å². The van der Waals surface area contributed by atoms with Gasteiger partial charge in [-0.15, -0.1) is 12.4 Å². The molecule has 0 bridgehead atoms. The number of nitrogens with two attached hydrogens (primary N) is 2. The number of ketones is 1. The van der Waals surface area contributed by atoms with E-state index >= 15 is 0 Å². The lowest BCUT2D eigenvalue weighted by atomic mass is 9.80. The molecule has 0 saturated heterocycles. The largest absolute Gasteiger partial charge is 0.321 e. The second-order valence-electron chi connectivity index (χ2n) is 7.10. The lowest BCUT2D eigenvalue weighted by Crippen LogP contribution is -2.68. The van der Waals surface area contributed by atoms with Crippen molar-refractivity contribution >= 4 is 41.2 Å². The van der Waals surface area contributed by atoms with Crippen molar-refractivity contribution in [1.29, 1.82) is 0 Å². The average Bonchev–Trinajstić information content (AvgIpc) is 2.82. The Morgan fingerprint density at radius 3 is 2.41 bits per heavy atom. The van der Waals surface area contributed by atoms with E-state index in [0.717, 1.165) is 12.8 Å². The van der Waals surface area contributed by atoms with Crippen LogP contribution >= 0.6 is 12.4 Å². The highest BCUT2D eigenvalue weighted by atomic mass is 35.5. The van der Waals surface area contributed by atoms with Crippen molar-refractivity contribution in [3.8, 4) is 0 Å². The second-order valence-corrected chi connectivity index (χ2v) is 7.10. The molecule has 1 amide bonds. The SMILES string of the molecule is CCCC[C@H](N)C(=O)C1(N)C(=O)N(C)c2ccccc2N=C1c1ccccc1.Cl. The fraction of sp³-hybridized carbons (Fsp3) is 0.318. The fourth-order valence-corrected chi connectivity index (χ4v) is 3.48. The zero-order chi connectivity index (χ0) is 20.3. The molecule has 2 aromatic rings. The molecular weight excluding hydrogens is 388 g/mol. The average molecular weight is 415 g/mol. The summed E-state index contributed by atoms with van der Waals surface area (Å²) in [4.78, 5) is 33.0. The van der Waals surface area contributed by atoms with Gasteiger partial charge in [-0.2, -0.15) is 0 Å². The summed E-state index contributed by atoms with van der Waals surface area (Å²) >= 11 is 0. The van der Waals surface area contributed by atoms with Crippen LogP contribution < -0.4 is 16.4 Å². The minimum Gasteiger partial charge on any atom is -0.321 e. The molecule has 0 spiro atoms. The number of aliphatic imine (C=N–C) groups is 1. The van der Waals surface area contributed by atoms with Crippen molar-refractivity contribution in [1.82, 2.24) is 0 Å². The van der Waals surface area contributed by atoms with Crippen LogP contribution in [0.5, 0.6) is 0 Å². The number of para-hydroxylation sites is 2. The summed E-state index contributed by atoms with van der Waals surface area (Å²) < 4.78 is 0. The third-order valence-electron chi connectivity index (χ3n) is 5.13. The van der Waals surface area contributed by atoms with Crippen LogP contribution in [0, 0.1) is 0 Å². The smallest absolute Gasteiger partial charge is 0.260 e. The van der Waals surface area contributed by atoms with Gasteiger partial charge in [0.15, 0.2) is 11.3 Å². The van der Waals surface area contributed by atoms with E-state index in [1.54, 1.807) is 31.3 Å². The molecule has 1 aliphatic heterocycles. The summed E-state index contributed by atoms with van der Waals surface area (Å²) in [5.74, 6) is -1.04. The van der Waals surface area contributed by atoms with Crippen LogP contribution in [-0.4, -0.2) is 36.0 Å². The van der Waals surface area contributed by atoms with Gasteiger partial charge in [0, 0.05) is 7.05 Å². The highest BCUT2D eigenvalue weighted by Crippen LogP contribution is 2.35. The van der Waals surface area contributed by atoms with E-state index < -0.39 is 23.3 Å². The van der Waals surface area contributed by atoms with Gasteiger partial charge in [0.05, 0.1) is 23.1 Å². The maximum absolute atomic E-state index is 13.5. The number of unbranched alkanes of at least 4 members (excludes halogenated alkanes) is 1. The summed E-state index contributed by atoms with van der Waals surface area (Å²) in [6.45, 7) is 2.02. The molecule has 6 nitrogen and oxygen atoms in total. The number of hydrogen-bond donors (Lipinski definition) is 2. The summed E-state index contributed by atoms with van der Waals surface area (Å²) in [7, 11) is 1.61. The number of nitrogens with zero attached hydrogens (tertiary/aromatic N) is 2. The summed E-state index contributed by atoms with van der Waals surface area (Å²) in [5.41, 5.74) is 12.9. The Kier molecular flexibility index (Phi) is 7.30. The molecule has 1 unspecified atom stereocenters. The minimum atomic E-state index is -1.96. The number of anilines is 1. The topological polar surface area (TPSA) is 102 Å². The van der Waals surface area contributed by atoms with Crippen LogP contribution in [-0.2, 0) is 9.59 Å². The Morgan fingerprint density at radius 2 is 1.76 bits per heavy atom. The van der Waals surface area contributed by atoms with Crippen LogP contribution in [0.1, 0.15) is 31.7 Å². The molecule has 0 saturated carbocycles. The van der Waals surface area contributed by atoms with Gasteiger partial charge < -0.3 is 16.4 Å². The monoisotopic (exact) mass is 414 g/mol. The van der Waals surface area contributed by atoms with Crippen molar-refractivity contribution in [2.45, 2.75) is 37.8 Å². The number of carbonyl (C=O) groups excluding carboxylic acids is 2. The molecule has 2 atom stereocenters. The highest BCUT2D eigenvalue weighted by molar-refractivity contribution is 6.39. The van der Waals surface area contributed by atoms with Crippen LogP contribution in [0.3, 0.4) is 0 Å². The number of amides is 1. The van der Waals surface area contributed by atoms with E-state index in [4.69, 9.17) is 16.5 Å². The van der Waals surface area contributed by atoms with Crippen LogP contribution in [0.2, 0.25) is 0 Å². The van der Waals surface area contributed by atoms with Crippen molar-refractivity contribution in [3.05, 3.63) is 60.2 Å². The van der Waals surface area contributed by atoms with E-state index in [9.17, 15) is 9.59 Å². The highest BCUT2D eigenvalue weighted by Gasteiger charge is 2.52. The minimum absolute atomic E-state index is 0. The molecule has 0 aliphatic carbocycles. The number of benzene rings is 2. The van der Waals surface area contributed by atoms with Crippen molar-refractivity contribution < 1.29 is 9.59 Å². The molecule has 3 rings (SSSR count). The third-order valence-corrected chi connectivity index (χ3v) is 5.13. The standard InChI is InChI=1S/C22H26N4O2.ClH/c1-3-4-12-16(23)20(27)22(24)19(15-10-6-5-7-11-15)25-17-13-8-9-14-18(17)26(2)21(22)28;/h5-11,13-14,16H,3-4,12,23-24H2,1-2H3;1H/t16-,22?;/m0./s1. The van der Waals surface area contributed by atoms with Crippen LogP contribution in [0.25, 0.3) is 0 Å². The quantitative estimate of drug-likeness (QED) is 0.709. The fourth-order valence-electron chi connectivity index (χ4n) is 3.48. The van der Waals surface area contributed by atoms with Gasteiger partial charge in [-0.1, -0.05) is 62.2 Å². The lowest BCUT2D eigenvalue weighted by molar-refractivity contribution is -0.131. The maximum Gasteiger partial charge on any atom is 0.260 e. The summed E-state index contributed by atoms with van der Waals surface area (Å²) in [6, 6.07) is 15.5. The maximum atomic E-state index is 13.5. The molecule has 0 fully saturated rings. The first-order valence-electron chi connectivity index (χ1n) is 9.51. The van der Waals surface area contributed by atoms with Crippen LogP contribution in [0.4, 0.5) is 11.4 Å². The molecule has 4 N–H and O–H groups in total. The number of fused-ring (bicyclic) bond motifs is 1. The normalized spacial score (nSPS) is 19.5. The molecule has 0 aromatic heterocycles. The molecular formula is C22H27ClN4O2. The molecule has 1 aliphatic rings. The van der Waals surface area contributed by atoms with Crippen LogP contribution in [0.15, 0.2) is 59.6 Å². The first-order chi connectivity index (χ1) is 13.4. The van der Waals surface area contributed by atoms with Gasteiger partial charge in [0.1, 0.15) is 0 Å². The number of carbonyl (C=O) groups is 2. The van der Waals surface area contributed by atoms with Gasteiger partial charge in [-0.3, -0.25) is 9.59 Å². The molecule has 0 radical (unpaired) electrons. The van der Waals surface area contributed by atoms with E-state index in [2.05, 4.69) is 0 Å². The number of hydrogen-bond acceptors (Lipinski definition) is 5. The lowest BCUT2D eigenvalue weighted by Gasteiger charge is -2.32. The summed E-state index contributed by atoms with van der Waals surface area (Å²) in [5, 5.41) is 0. The Morgan fingerprint density at radius 1 is 1.14 bits per heavy atom. The van der Waals surface area contributed by atoms with Gasteiger partial charge >= 0.3 is 0 Å². The van der Waals surface area contributed by atoms with E-state index in [-0.39, 0.29) is 18.1 Å². The van der Waals surface area contributed by atoms with Gasteiger partial charge in [0.25, 0.3) is 5.91 Å². The molecule has 1 heterocycles. The van der Waals surface area contributed by atoms with Gasteiger partial charge in [0.2, 0.25) is 0 Å². The molecule has 2 aromatic carbocycles. The number of likely N-dealkylation sites (N-methyl/N-ethyl adjacent to an activating group) is 1. The Bertz CT molecular complexity index is 916. The van der Waals surface area contributed by atoms with Crippen molar-refractivity contribution in [2.24, 2.45) is 16.5 Å². The summed E-state index contributed by atoms with van der Waals surface area (Å²) in [6.07, 6.45) is 2.16. The Hall–Kier alpha value is -2.54. The number of halogens is 1. The molecule has 154 valence electrons. The van der Waals surface area contributed by atoms with E-state index in [0.29, 0.717) is 23.4 Å². The zero-order valence-corrected chi connectivity index (χ0v) is 17.5. The third kappa shape index (κ3) is 4.10. The Balaban J connectivity index is 0.00000300. The number of rotatable bonds is 6.